The van der Waals surface area contributed by atoms with Crippen molar-refractivity contribution in [1.29, 1.82) is 0 Å². The van der Waals surface area contributed by atoms with E-state index in [1.54, 1.807) is 12.3 Å². The van der Waals surface area contributed by atoms with Gasteiger partial charge in [-0.3, -0.25) is 10.4 Å². The van der Waals surface area contributed by atoms with Gasteiger partial charge in [-0.15, -0.1) is 0 Å². The van der Waals surface area contributed by atoms with Crippen molar-refractivity contribution in [1.82, 2.24) is 10.2 Å². The van der Waals surface area contributed by atoms with Gasteiger partial charge in [-0.05, 0) is 38.5 Å². The van der Waals surface area contributed by atoms with Crippen LogP contribution in [0.25, 0.3) is 11.1 Å². The third-order valence-corrected chi connectivity index (χ3v) is 2.49. The number of nitrogens with zero attached hydrogens (tertiary/aromatic N) is 1. The first kappa shape index (κ1) is 13.9. The zero-order valence-electron chi connectivity index (χ0n) is 11.7. The predicted octanol–water partition coefficient (Wildman–Crippen LogP) is 3.01. The van der Waals surface area contributed by atoms with Crippen LogP contribution in [0.4, 0.5) is 16.3 Å². The smallest absolute Gasteiger partial charge is 0.412 e. The summed E-state index contributed by atoms with van der Waals surface area (Å²) < 4.78 is 5.20. The van der Waals surface area contributed by atoms with Crippen LogP contribution in [-0.2, 0) is 4.74 Å². The van der Waals surface area contributed by atoms with Crippen LogP contribution < -0.4 is 11.1 Å². The Morgan fingerprint density at radius 3 is 2.75 bits per heavy atom. The van der Waals surface area contributed by atoms with Gasteiger partial charge < -0.3 is 10.5 Å². The molecule has 4 N–H and O–H groups in total. The summed E-state index contributed by atoms with van der Waals surface area (Å²) in [5, 5.41) is 9.24. The zero-order chi connectivity index (χ0) is 14.8. The average molecular weight is 274 g/mol. The number of nitrogen functional groups attached to an aromatic ring is 1. The fourth-order valence-corrected chi connectivity index (χ4v) is 1.71. The average Bonchev–Trinajstić information content (AvgIpc) is 2.73. The summed E-state index contributed by atoms with van der Waals surface area (Å²) in [5.41, 5.74) is 7.54. The summed E-state index contributed by atoms with van der Waals surface area (Å²) in [6.45, 7) is 5.44. The molecular weight excluding hydrogens is 256 g/mol. The summed E-state index contributed by atoms with van der Waals surface area (Å²) in [5.74, 6) is 0.486. The molecule has 2 rings (SSSR count). The van der Waals surface area contributed by atoms with E-state index in [9.17, 15) is 4.79 Å². The Morgan fingerprint density at radius 2 is 2.15 bits per heavy atom. The summed E-state index contributed by atoms with van der Waals surface area (Å²) >= 11 is 0. The molecule has 1 aromatic carbocycles. The van der Waals surface area contributed by atoms with E-state index < -0.39 is 11.7 Å². The molecule has 0 saturated heterocycles. The molecule has 1 heterocycles. The third kappa shape index (κ3) is 3.50. The number of H-pyrrole nitrogens is 1. The van der Waals surface area contributed by atoms with E-state index in [4.69, 9.17) is 10.5 Å². The van der Waals surface area contributed by atoms with Crippen LogP contribution in [0.3, 0.4) is 0 Å². The van der Waals surface area contributed by atoms with E-state index in [1.165, 1.54) is 0 Å². The second kappa shape index (κ2) is 5.24. The van der Waals surface area contributed by atoms with Gasteiger partial charge >= 0.3 is 6.09 Å². The molecule has 20 heavy (non-hydrogen) atoms. The molecule has 0 aliphatic heterocycles. The summed E-state index contributed by atoms with van der Waals surface area (Å²) in [6, 6.07) is 7.31. The van der Waals surface area contributed by atoms with Gasteiger partial charge in [0.25, 0.3) is 0 Å². The Morgan fingerprint density at radius 1 is 1.40 bits per heavy atom. The monoisotopic (exact) mass is 274 g/mol. The molecule has 6 nitrogen and oxygen atoms in total. The van der Waals surface area contributed by atoms with Crippen LogP contribution >= 0.6 is 0 Å². The van der Waals surface area contributed by atoms with Gasteiger partial charge in [0.1, 0.15) is 11.4 Å². The molecule has 0 aliphatic carbocycles. The van der Waals surface area contributed by atoms with Gasteiger partial charge in [0, 0.05) is 11.3 Å². The normalized spacial score (nSPS) is 11.2. The van der Waals surface area contributed by atoms with E-state index in [0.29, 0.717) is 11.5 Å². The minimum Gasteiger partial charge on any atom is -0.444 e. The highest BCUT2D eigenvalue weighted by atomic mass is 16.6. The number of amides is 1. The maximum atomic E-state index is 11.7. The number of hydrogen-bond donors (Lipinski definition) is 3. The number of ether oxygens (including phenoxy) is 1. The van der Waals surface area contributed by atoms with E-state index in [0.717, 1.165) is 11.1 Å². The van der Waals surface area contributed by atoms with E-state index in [2.05, 4.69) is 15.5 Å². The van der Waals surface area contributed by atoms with Crippen molar-refractivity contribution in [3.63, 3.8) is 0 Å². The lowest BCUT2D eigenvalue weighted by Gasteiger charge is -2.19. The van der Waals surface area contributed by atoms with Crippen molar-refractivity contribution in [2.24, 2.45) is 0 Å². The van der Waals surface area contributed by atoms with Gasteiger partial charge in [-0.25, -0.2) is 4.79 Å². The molecule has 2 aromatic rings. The van der Waals surface area contributed by atoms with Crippen molar-refractivity contribution in [2.45, 2.75) is 26.4 Å². The lowest BCUT2D eigenvalue weighted by Crippen LogP contribution is -2.27. The fraction of sp³-hybridized carbons (Fsp3) is 0.286. The molecule has 0 spiro atoms. The van der Waals surface area contributed by atoms with Crippen LogP contribution in [-0.4, -0.2) is 21.9 Å². The number of anilines is 2. The quantitative estimate of drug-likeness (QED) is 0.784. The molecular formula is C14H18N4O2. The van der Waals surface area contributed by atoms with Crippen LogP contribution in [0.5, 0.6) is 0 Å². The Bertz CT molecular complexity index is 614. The first-order chi connectivity index (χ1) is 9.35. The number of nitrogens with two attached hydrogens (primary N) is 1. The molecule has 0 bridgehead atoms. The van der Waals surface area contributed by atoms with Gasteiger partial charge in [0.05, 0.1) is 6.20 Å². The predicted molar refractivity (Wildman–Crippen MR) is 78.3 cm³/mol. The van der Waals surface area contributed by atoms with E-state index >= 15 is 0 Å². The first-order valence-electron chi connectivity index (χ1n) is 6.24. The SMILES string of the molecule is CC(C)(C)OC(=O)Nc1cccc(-c2cn[nH]c2N)c1. The van der Waals surface area contributed by atoms with Crippen LogP contribution in [0, 0.1) is 0 Å². The van der Waals surface area contributed by atoms with Gasteiger partial charge in [0.15, 0.2) is 0 Å². The lowest BCUT2D eigenvalue weighted by atomic mass is 10.1. The number of hydrogen-bond acceptors (Lipinski definition) is 4. The number of nitrogens with one attached hydrogen (secondary N) is 2. The van der Waals surface area contributed by atoms with Crippen molar-refractivity contribution in [3.05, 3.63) is 30.5 Å². The number of carbonyl (C=O) groups is 1. The number of benzene rings is 1. The number of carbonyl (C=O) groups excluding carboxylic acids is 1. The Kier molecular flexibility index (Phi) is 3.65. The molecule has 0 saturated carbocycles. The highest BCUT2D eigenvalue weighted by Crippen LogP contribution is 2.26. The molecule has 1 aromatic heterocycles. The summed E-state index contributed by atoms with van der Waals surface area (Å²) in [4.78, 5) is 11.7. The van der Waals surface area contributed by atoms with Crippen LogP contribution in [0.2, 0.25) is 0 Å². The maximum Gasteiger partial charge on any atom is 0.412 e. The molecule has 1 amide bonds. The van der Waals surface area contributed by atoms with E-state index in [-0.39, 0.29) is 0 Å². The van der Waals surface area contributed by atoms with E-state index in [1.807, 2.05) is 39.0 Å². The standard InChI is InChI=1S/C14H18N4O2/c1-14(2,3)20-13(19)17-10-6-4-5-9(7-10)11-8-16-18-12(11)15/h4-8H,1-3H3,(H,17,19)(H3,15,16,18). The van der Waals surface area contributed by atoms with Gasteiger partial charge in [-0.1, -0.05) is 12.1 Å². The Hall–Kier alpha value is -2.50. The topological polar surface area (TPSA) is 93.0 Å². The van der Waals surface area contributed by atoms with Crippen molar-refractivity contribution in [3.8, 4) is 11.1 Å². The highest BCUT2D eigenvalue weighted by Gasteiger charge is 2.16. The Labute approximate surface area is 117 Å². The highest BCUT2D eigenvalue weighted by molar-refractivity contribution is 5.86. The minimum absolute atomic E-state index is 0.486. The number of rotatable bonds is 2. The molecule has 0 unspecified atom stereocenters. The second-order valence-corrected chi connectivity index (χ2v) is 5.41. The molecule has 0 radical (unpaired) electrons. The van der Waals surface area contributed by atoms with Crippen molar-refractivity contribution >= 4 is 17.6 Å². The fourth-order valence-electron chi connectivity index (χ4n) is 1.71. The van der Waals surface area contributed by atoms with Crippen LogP contribution in [0.15, 0.2) is 30.5 Å². The van der Waals surface area contributed by atoms with Crippen molar-refractivity contribution < 1.29 is 9.53 Å². The maximum absolute atomic E-state index is 11.7. The molecule has 0 fully saturated rings. The molecule has 0 atom stereocenters. The summed E-state index contributed by atoms with van der Waals surface area (Å²) in [7, 11) is 0. The molecule has 0 aliphatic rings. The summed E-state index contributed by atoms with van der Waals surface area (Å²) in [6.07, 6.45) is 1.15. The first-order valence-corrected chi connectivity index (χ1v) is 6.24. The molecule has 106 valence electrons. The number of aromatic amines is 1. The molecule has 6 heteroatoms. The zero-order valence-corrected chi connectivity index (χ0v) is 11.7. The van der Waals surface area contributed by atoms with Gasteiger partial charge in [-0.2, -0.15) is 5.10 Å². The van der Waals surface area contributed by atoms with Crippen molar-refractivity contribution in [2.75, 3.05) is 11.1 Å². The second-order valence-electron chi connectivity index (χ2n) is 5.41. The largest absolute Gasteiger partial charge is 0.444 e. The Balaban J connectivity index is 2.15. The van der Waals surface area contributed by atoms with Gasteiger partial charge in [0.2, 0.25) is 0 Å². The van der Waals surface area contributed by atoms with Crippen LogP contribution in [0.1, 0.15) is 20.8 Å². The third-order valence-electron chi connectivity index (χ3n) is 2.49. The minimum atomic E-state index is -0.531. The lowest BCUT2D eigenvalue weighted by molar-refractivity contribution is 0.0636. The number of aromatic nitrogens is 2.